The van der Waals surface area contributed by atoms with Crippen LogP contribution in [0.1, 0.15) is 20.7 Å². The van der Waals surface area contributed by atoms with Crippen molar-refractivity contribution < 1.29 is 9.59 Å². The molecule has 5 heteroatoms. The van der Waals surface area contributed by atoms with E-state index in [0.717, 1.165) is 0 Å². The molecule has 1 aliphatic rings. The minimum atomic E-state index is -1.54. The Morgan fingerprint density at radius 2 is 1.45 bits per heavy atom. The van der Waals surface area contributed by atoms with Gasteiger partial charge in [0.15, 0.2) is 0 Å². The number of amides is 2. The standard InChI is InChI=1S/C17H16ClNO2Si/c1-22(2,3)13-8-9-14-15(10-13)17(21)19(16(14)20)12-6-4-11(18)5-7-12/h4-10H,1-3H3. The topological polar surface area (TPSA) is 37.4 Å². The molecule has 0 spiro atoms. The Kier molecular flexibility index (Phi) is 3.46. The molecule has 0 bridgehead atoms. The molecule has 3 nitrogen and oxygen atoms in total. The van der Waals surface area contributed by atoms with Crippen LogP contribution in [-0.2, 0) is 0 Å². The number of hydrogen-bond donors (Lipinski definition) is 0. The monoisotopic (exact) mass is 329 g/mol. The molecule has 3 rings (SSSR count). The van der Waals surface area contributed by atoms with Crippen LogP contribution in [0.4, 0.5) is 5.69 Å². The average molecular weight is 330 g/mol. The molecule has 2 amide bonds. The second kappa shape index (κ2) is 5.07. The van der Waals surface area contributed by atoms with E-state index < -0.39 is 8.07 Å². The number of anilines is 1. The number of nitrogens with zero attached hydrogens (tertiary/aromatic N) is 1. The molecule has 2 aromatic carbocycles. The maximum absolute atomic E-state index is 12.7. The van der Waals surface area contributed by atoms with Gasteiger partial charge in [-0.05, 0) is 36.4 Å². The fourth-order valence-corrected chi connectivity index (χ4v) is 3.82. The first-order chi connectivity index (χ1) is 10.3. The Bertz CT molecular complexity index is 778. The summed E-state index contributed by atoms with van der Waals surface area (Å²) in [5.74, 6) is -0.535. The summed E-state index contributed by atoms with van der Waals surface area (Å²) >= 11 is 5.87. The van der Waals surface area contributed by atoms with Crippen molar-refractivity contribution in [2.75, 3.05) is 4.90 Å². The third kappa shape index (κ3) is 2.38. The lowest BCUT2D eigenvalue weighted by molar-refractivity contribution is 0.0926. The largest absolute Gasteiger partial charge is 0.268 e. The molecule has 0 unspecified atom stereocenters. The molecule has 0 aliphatic carbocycles. The van der Waals surface area contributed by atoms with Gasteiger partial charge in [-0.2, -0.15) is 0 Å². The van der Waals surface area contributed by atoms with Crippen LogP contribution >= 0.6 is 11.6 Å². The van der Waals surface area contributed by atoms with Gasteiger partial charge in [-0.3, -0.25) is 9.59 Å². The SMILES string of the molecule is C[Si](C)(C)c1ccc2c(c1)C(=O)N(c1ccc(Cl)cc1)C2=O. The number of imide groups is 1. The summed E-state index contributed by atoms with van der Waals surface area (Å²) in [6.07, 6.45) is 0. The van der Waals surface area contributed by atoms with Crippen molar-refractivity contribution in [2.24, 2.45) is 0 Å². The van der Waals surface area contributed by atoms with Crippen LogP contribution in [0, 0.1) is 0 Å². The van der Waals surface area contributed by atoms with E-state index in [2.05, 4.69) is 19.6 Å². The summed E-state index contributed by atoms with van der Waals surface area (Å²) in [6, 6.07) is 12.4. The highest BCUT2D eigenvalue weighted by atomic mass is 35.5. The second-order valence-corrected chi connectivity index (χ2v) is 11.9. The van der Waals surface area contributed by atoms with Gasteiger partial charge < -0.3 is 0 Å². The maximum atomic E-state index is 12.7. The molecule has 1 aliphatic heterocycles. The number of hydrogen-bond acceptors (Lipinski definition) is 2. The zero-order valence-corrected chi connectivity index (χ0v) is 14.4. The van der Waals surface area contributed by atoms with Crippen LogP contribution in [0.3, 0.4) is 0 Å². The van der Waals surface area contributed by atoms with Gasteiger partial charge >= 0.3 is 0 Å². The Morgan fingerprint density at radius 3 is 2.05 bits per heavy atom. The lowest BCUT2D eigenvalue weighted by Crippen LogP contribution is -2.38. The first-order valence-corrected chi connectivity index (χ1v) is 11.0. The number of benzene rings is 2. The highest BCUT2D eigenvalue weighted by Gasteiger charge is 2.37. The van der Waals surface area contributed by atoms with Gasteiger partial charge in [0.25, 0.3) is 11.8 Å². The second-order valence-electron chi connectivity index (χ2n) is 6.43. The highest BCUT2D eigenvalue weighted by molar-refractivity contribution is 6.88. The fraction of sp³-hybridized carbons (Fsp3) is 0.176. The van der Waals surface area contributed by atoms with Crippen molar-refractivity contribution in [3.63, 3.8) is 0 Å². The van der Waals surface area contributed by atoms with Gasteiger partial charge in [0.1, 0.15) is 0 Å². The van der Waals surface area contributed by atoms with E-state index in [1.54, 1.807) is 30.3 Å². The van der Waals surface area contributed by atoms with Gasteiger partial charge in [-0.15, -0.1) is 0 Å². The molecule has 1 heterocycles. The number of fused-ring (bicyclic) bond motifs is 1. The minimum Gasteiger partial charge on any atom is -0.268 e. The molecule has 0 saturated carbocycles. The smallest absolute Gasteiger partial charge is 0.266 e. The molecular weight excluding hydrogens is 314 g/mol. The summed E-state index contributed by atoms with van der Waals surface area (Å²) in [5, 5.41) is 1.74. The Balaban J connectivity index is 2.07. The normalized spacial score (nSPS) is 14.5. The van der Waals surface area contributed by atoms with E-state index in [9.17, 15) is 9.59 Å². The van der Waals surface area contributed by atoms with Crippen LogP contribution in [-0.4, -0.2) is 19.9 Å². The van der Waals surface area contributed by atoms with Gasteiger partial charge in [-0.1, -0.05) is 42.5 Å². The molecule has 0 fully saturated rings. The third-order valence-corrected chi connectivity index (χ3v) is 6.13. The van der Waals surface area contributed by atoms with Crippen molar-refractivity contribution in [3.8, 4) is 0 Å². The molecule has 112 valence electrons. The molecular formula is C17H16ClNO2Si. The lowest BCUT2D eigenvalue weighted by Gasteiger charge is -2.16. The van der Waals surface area contributed by atoms with Crippen LogP contribution in [0.2, 0.25) is 24.7 Å². The van der Waals surface area contributed by atoms with E-state index in [4.69, 9.17) is 11.6 Å². The van der Waals surface area contributed by atoms with Crippen LogP contribution < -0.4 is 10.1 Å². The van der Waals surface area contributed by atoms with Gasteiger partial charge in [0, 0.05) is 5.02 Å². The van der Waals surface area contributed by atoms with Crippen molar-refractivity contribution in [1.82, 2.24) is 0 Å². The van der Waals surface area contributed by atoms with E-state index >= 15 is 0 Å². The lowest BCUT2D eigenvalue weighted by atomic mass is 10.1. The Hall–Kier alpha value is -1.91. The molecule has 2 aromatic rings. The summed E-state index contributed by atoms with van der Waals surface area (Å²) in [7, 11) is -1.54. The van der Waals surface area contributed by atoms with Crippen LogP contribution in [0.25, 0.3) is 0 Å². The number of carbonyl (C=O) groups is 2. The van der Waals surface area contributed by atoms with Gasteiger partial charge in [0.05, 0.1) is 24.9 Å². The predicted octanol–water partition coefficient (Wildman–Crippen LogP) is 3.69. The molecule has 22 heavy (non-hydrogen) atoms. The number of carbonyl (C=O) groups excluding carboxylic acids is 2. The molecule has 0 atom stereocenters. The zero-order valence-electron chi connectivity index (χ0n) is 12.7. The van der Waals surface area contributed by atoms with E-state index in [-0.39, 0.29) is 11.8 Å². The third-order valence-electron chi connectivity index (χ3n) is 3.84. The van der Waals surface area contributed by atoms with E-state index in [1.165, 1.54) is 10.1 Å². The van der Waals surface area contributed by atoms with Crippen LogP contribution in [0.5, 0.6) is 0 Å². The molecule has 0 saturated heterocycles. The first kappa shape index (κ1) is 15.0. The first-order valence-electron chi connectivity index (χ1n) is 7.08. The highest BCUT2D eigenvalue weighted by Crippen LogP contribution is 2.29. The number of halogens is 1. The maximum Gasteiger partial charge on any atom is 0.266 e. The average Bonchev–Trinajstić information content (AvgIpc) is 2.71. The Labute approximate surface area is 135 Å². The van der Waals surface area contributed by atoms with Crippen molar-refractivity contribution in [2.45, 2.75) is 19.6 Å². The van der Waals surface area contributed by atoms with E-state index in [0.29, 0.717) is 21.8 Å². The summed E-state index contributed by atoms with van der Waals surface area (Å²) in [5.41, 5.74) is 1.52. The summed E-state index contributed by atoms with van der Waals surface area (Å²) in [6.45, 7) is 6.65. The zero-order chi connectivity index (χ0) is 16.1. The van der Waals surface area contributed by atoms with Crippen molar-refractivity contribution >= 4 is 42.4 Å². The van der Waals surface area contributed by atoms with Crippen LogP contribution in [0.15, 0.2) is 42.5 Å². The predicted molar refractivity (Wildman–Crippen MR) is 92.0 cm³/mol. The number of rotatable bonds is 2. The Morgan fingerprint density at radius 1 is 0.864 bits per heavy atom. The van der Waals surface area contributed by atoms with Gasteiger partial charge in [0.2, 0.25) is 0 Å². The molecule has 0 N–H and O–H groups in total. The fourth-order valence-electron chi connectivity index (χ4n) is 2.53. The van der Waals surface area contributed by atoms with Gasteiger partial charge in [-0.25, -0.2) is 4.90 Å². The quantitative estimate of drug-likeness (QED) is 0.622. The minimum absolute atomic E-state index is 0.262. The van der Waals surface area contributed by atoms with Crippen molar-refractivity contribution in [3.05, 3.63) is 58.6 Å². The molecule has 0 radical (unpaired) electrons. The summed E-state index contributed by atoms with van der Waals surface area (Å²) in [4.78, 5) is 26.4. The van der Waals surface area contributed by atoms with Crippen molar-refractivity contribution in [1.29, 1.82) is 0 Å². The van der Waals surface area contributed by atoms with E-state index in [1.807, 2.05) is 12.1 Å². The summed E-state index contributed by atoms with van der Waals surface area (Å²) < 4.78 is 0. The molecule has 0 aromatic heterocycles.